The summed E-state index contributed by atoms with van der Waals surface area (Å²) in [6.07, 6.45) is 1.98. The Labute approximate surface area is 256 Å². The number of hydrogen-bond donors (Lipinski definition) is 0. The maximum absolute atomic E-state index is 12.1. The summed E-state index contributed by atoms with van der Waals surface area (Å²) in [6, 6.07) is 23.3. The number of methoxy groups -OCH3 is 2. The van der Waals surface area contributed by atoms with Crippen molar-refractivity contribution < 1.29 is 19.0 Å². The summed E-state index contributed by atoms with van der Waals surface area (Å²) in [4.78, 5) is 28.0. The Balaban J connectivity index is 1.11. The van der Waals surface area contributed by atoms with E-state index in [4.69, 9.17) is 30.8 Å². The Morgan fingerprint density at radius 3 is 2.57 bits per heavy atom. The number of carbonyl (C=O) groups is 1. The maximum atomic E-state index is 12.1. The number of imidazole rings is 1. The summed E-state index contributed by atoms with van der Waals surface area (Å²) in [5, 5.41) is 1.97. The van der Waals surface area contributed by atoms with Crippen LogP contribution in [-0.4, -0.2) is 59.3 Å². The van der Waals surface area contributed by atoms with E-state index in [1.54, 1.807) is 13.2 Å². The molecule has 44 heavy (non-hydrogen) atoms. The summed E-state index contributed by atoms with van der Waals surface area (Å²) in [7, 11) is 3.08. The quantitative estimate of drug-likeness (QED) is 0.135. The van der Waals surface area contributed by atoms with E-state index in [0.29, 0.717) is 42.8 Å². The lowest BCUT2D eigenvalue weighted by molar-refractivity contribution is 0.0601. The van der Waals surface area contributed by atoms with Crippen LogP contribution in [0.4, 0.5) is 5.69 Å². The molecule has 6 rings (SSSR count). The number of aromatic nitrogens is 3. The third-order valence-electron chi connectivity index (χ3n) is 8.37. The van der Waals surface area contributed by atoms with Gasteiger partial charge in [-0.05, 0) is 66.5 Å². The van der Waals surface area contributed by atoms with E-state index in [1.807, 2.05) is 60.7 Å². The summed E-state index contributed by atoms with van der Waals surface area (Å²) < 4.78 is 18.6. The first-order valence-corrected chi connectivity index (χ1v) is 14.8. The number of piperidine rings is 1. The van der Waals surface area contributed by atoms with Gasteiger partial charge in [-0.2, -0.15) is 0 Å². The first-order valence-electron chi connectivity index (χ1n) is 14.8. The Bertz CT molecular complexity index is 1830. The second-order valence-electron chi connectivity index (χ2n) is 11.0. The number of likely N-dealkylation sites (tertiary alicyclic amines) is 1. The number of rotatable bonds is 10. The van der Waals surface area contributed by atoms with E-state index in [2.05, 4.69) is 20.4 Å². The lowest BCUT2D eigenvalue weighted by atomic mass is 9.93. The first-order chi connectivity index (χ1) is 21.6. The Hall–Kier alpha value is -4.78. The van der Waals surface area contributed by atoms with Crippen LogP contribution in [0.3, 0.4) is 0 Å². The van der Waals surface area contributed by atoms with Crippen LogP contribution in [0.1, 0.15) is 46.2 Å². The average molecular weight is 590 g/mol. The molecule has 0 bridgehead atoms. The van der Waals surface area contributed by atoms with E-state index in [-0.39, 0.29) is 5.97 Å². The van der Waals surface area contributed by atoms with Gasteiger partial charge in [0.1, 0.15) is 12.4 Å². The lowest BCUT2D eigenvalue weighted by Gasteiger charge is -2.31. The van der Waals surface area contributed by atoms with Crippen molar-refractivity contribution in [1.82, 2.24) is 19.4 Å². The number of fused-ring (bicyclic) bond motifs is 2. The van der Waals surface area contributed by atoms with Crippen LogP contribution in [0, 0.1) is 6.57 Å². The number of ether oxygens (including phenoxy) is 3. The molecule has 9 heteroatoms. The minimum atomic E-state index is -0.359. The molecule has 5 aromatic rings. The van der Waals surface area contributed by atoms with E-state index < -0.39 is 0 Å². The van der Waals surface area contributed by atoms with Gasteiger partial charge in [-0.25, -0.2) is 19.6 Å². The third-order valence-corrected chi connectivity index (χ3v) is 8.37. The van der Waals surface area contributed by atoms with E-state index in [0.717, 1.165) is 71.4 Å². The monoisotopic (exact) mass is 589 g/mol. The van der Waals surface area contributed by atoms with Crippen molar-refractivity contribution in [2.75, 3.05) is 33.9 Å². The first kappa shape index (κ1) is 29.3. The minimum absolute atomic E-state index is 0.350. The van der Waals surface area contributed by atoms with Crippen molar-refractivity contribution >= 4 is 33.5 Å². The van der Waals surface area contributed by atoms with Crippen molar-refractivity contribution in [2.24, 2.45) is 0 Å². The largest absolute Gasteiger partial charge is 0.473 e. The van der Waals surface area contributed by atoms with E-state index in [9.17, 15) is 4.79 Å². The Kier molecular flexibility index (Phi) is 8.82. The molecule has 0 N–H and O–H groups in total. The number of nitrogens with zero attached hydrogens (tertiary/aromatic N) is 5. The molecule has 0 saturated carbocycles. The van der Waals surface area contributed by atoms with Crippen molar-refractivity contribution in [3.05, 3.63) is 107 Å². The molecular formula is C35H35N5O4. The molecule has 0 aliphatic carbocycles. The number of pyridine rings is 1. The molecule has 3 heterocycles. The molecular weight excluding hydrogens is 554 g/mol. The van der Waals surface area contributed by atoms with Crippen molar-refractivity contribution in [3.8, 4) is 5.88 Å². The number of hydrogen-bond acceptors (Lipinski definition) is 7. The highest BCUT2D eigenvalue weighted by molar-refractivity contribution is 5.96. The Morgan fingerprint density at radius 1 is 0.977 bits per heavy atom. The van der Waals surface area contributed by atoms with Gasteiger partial charge in [0.05, 0.1) is 43.4 Å². The molecule has 0 amide bonds. The molecule has 1 saturated heterocycles. The topological polar surface area (TPSA) is 83.1 Å². The summed E-state index contributed by atoms with van der Waals surface area (Å²) in [6.45, 7) is 11.6. The number of esters is 1. The van der Waals surface area contributed by atoms with Gasteiger partial charge in [0.2, 0.25) is 5.88 Å². The molecule has 1 fully saturated rings. The fourth-order valence-corrected chi connectivity index (χ4v) is 6.02. The van der Waals surface area contributed by atoms with Crippen LogP contribution in [0.5, 0.6) is 5.88 Å². The third kappa shape index (κ3) is 6.13. The molecule has 224 valence electrons. The van der Waals surface area contributed by atoms with E-state index >= 15 is 0 Å². The summed E-state index contributed by atoms with van der Waals surface area (Å²) in [5.74, 6) is 1.56. The van der Waals surface area contributed by atoms with Crippen LogP contribution in [-0.2, 0) is 29.2 Å². The van der Waals surface area contributed by atoms with Crippen molar-refractivity contribution in [3.63, 3.8) is 0 Å². The van der Waals surface area contributed by atoms with Gasteiger partial charge in [0, 0.05) is 31.3 Å². The van der Waals surface area contributed by atoms with Gasteiger partial charge in [0.15, 0.2) is 5.69 Å². The minimum Gasteiger partial charge on any atom is -0.473 e. The van der Waals surface area contributed by atoms with Crippen LogP contribution in [0.25, 0.3) is 26.7 Å². The van der Waals surface area contributed by atoms with Crippen LogP contribution < -0.4 is 4.74 Å². The van der Waals surface area contributed by atoms with E-state index in [1.165, 1.54) is 7.11 Å². The molecule has 0 atom stereocenters. The molecule has 9 nitrogen and oxygen atoms in total. The molecule has 0 radical (unpaired) electrons. The van der Waals surface area contributed by atoms with Gasteiger partial charge < -0.3 is 18.8 Å². The second kappa shape index (κ2) is 13.2. The molecule has 0 spiro atoms. The van der Waals surface area contributed by atoms with Crippen LogP contribution in [0.15, 0.2) is 72.8 Å². The molecule has 3 aromatic carbocycles. The zero-order valence-corrected chi connectivity index (χ0v) is 25.0. The van der Waals surface area contributed by atoms with Gasteiger partial charge in [-0.3, -0.25) is 4.90 Å². The van der Waals surface area contributed by atoms with Crippen molar-refractivity contribution in [2.45, 2.75) is 38.5 Å². The molecule has 2 aromatic heterocycles. The molecule has 1 aliphatic heterocycles. The summed E-state index contributed by atoms with van der Waals surface area (Å²) >= 11 is 0. The predicted molar refractivity (Wildman–Crippen MR) is 169 cm³/mol. The average Bonchev–Trinajstić information content (AvgIpc) is 3.41. The number of benzene rings is 3. The van der Waals surface area contributed by atoms with Gasteiger partial charge in [-0.15, -0.1) is 0 Å². The maximum Gasteiger partial charge on any atom is 0.337 e. The van der Waals surface area contributed by atoms with Gasteiger partial charge in [0.25, 0.3) is 0 Å². The van der Waals surface area contributed by atoms with Gasteiger partial charge >= 0.3 is 5.97 Å². The van der Waals surface area contributed by atoms with Gasteiger partial charge in [-0.1, -0.05) is 42.5 Å². The normalized spacial score (nSPS) is 14.1. The molecule has 1 aliphatic rings. The molecule has 0 unspecified atom stereocenters. The van der Waals surface area contributed by atoms with Crippen LogP contribution in [0.2, 0.25) is 0 Å². The predicted octanol–water partition coefficient (Wildman–Crippen LogP) is 6.53. The summed E-state index contributed by atoms with van der Waals surface area (Å²) in [5.41, 5.74) is 5.01. The number of carbonyl (C=O) groups excluding carboxylic acids is 1. The van der Waals surface area contributed by atoms with Crippen LogP contribution >= 0.6 is 0 Å². The highest BCUT2D eigenvalue weighted by atomic mass is 16.5. The second-order valence-corrected chi connectivity index (χ2v) is 11.0. The lowest BCUT2D eigenvalue weighted by Crippen LogP contribution is -2.33. The highest BCUT2D eigenvalue weighted by Gasteiger charge is 2.24. The smallest absolute Gasteiger partial charge is 0.337 e. The Morgan fingerprint density at radius 2 is 1.80 bits per heavy atom. The standard InChI is InChI=1S/C35H35N5O4/c1-36-30-13-12-26(27-7-4-5-8-28(27)30)23-44-34-10-6-9-29(38-34)24-15-17-39(18-16-24)22-33-37-31-14-11-25(35(41)43-3)21-32(31)40(33)19-20-42-2/h4-14,21,24H,15-20,22-23H2,2-3H3. The fourth-order valence-electron chi connectivity index (χ4n) is 6.02. The SMILES string of the molecule is [C-]#[N+]c1ccc(COc2cccc(C3CCN(Cc4nc5ccc(C(=O)OC)cc5n4CCOC)CC3)n2)c2ccccc12. The zero-order valence-electron chi connectivity index (χ0n) is 25.0. The highest BCUT2D eigenvalue weighted by Crippen LogP contribution is 2.31. The fraction of sp³-hybridized carbons (Fsp3) is 0.314. The van der Waals surface area contributed by atoms with Crippen molar-refractivity contribution in [1.29, 1.82) is 0 Å². The zero-order chi connectivity index (χ0) is 30.5.